The lowest BCUT2D eigenvalue weighted by Gasteiger charge is -2.59. The molecule has 1 unspecified atom stereocenters. The van der Waals surface area contributed by atoms with Crippen LogP contribution in [0.2, 0.25) is 0 Å². The third-order valence-electron chi connectivity index (χ3n) is 11.2. The Morgan fingerprint density at radius 3 is 2.06 bits per heavy atom. The third-order valence-corrected chi connectivity index (χ3v) is 11.2. The third kappa shape index (κ3) is 5.11. The summed E-state index contributed by atoms with van der Waals surface area (Å²) in [6.07, 6.45) is 3.05. The van der Waals surface area contributed by atoms with Gasteiger partial charge in [0, 0.05) is 22.3 Å². The Labute approximate surface area is 286 Å². The maximum absolute atomic E-state index is 14.4. The molecular formula is C41H44O8. The second-order valence-electron chi connectivity index (χ2n) is 14.8. The monoisotopic (exact) mass is 664 g/mol. The van der Waals surface area contributed by atoms with Crippen molar-refractivity contribution in [3.8, 4) is 22.6 Å². The molecule has 0 fully saturated rings. The molecule has 0 saturated heterocycles. The minimum Gasteiger partial charge on any atom is -0.511 e. The maximum Gasteiger partial charge on any atom is 0.209 e. The van der Waals surface area contributed by atoms with Crippen LogP contribution in [0.4, 0.5) is 0 Å². The van der Waals surface area contributed by atoms with Gasteiger partial charge in [-0.15, -0.1) is 0 Å². The van der Waals surface area contributed by atoms with Crippen LogP contribution in [0.15, 0.2) is 83.3 Å². The fourth-order valence-corrected chi connectivity index (χ4v) is 9.14. The van der Waals surface area contributed by atoms with Crippen molar-refractivity contribution in [3.05, 3.63) is 106 Å². The maximum atomic E-state index is 14.4. The smallest absolute Gasteiger partial charge is 0.209 e. The SMILES string of the molecule is COc1ccc(CCCc2ccc(-c3ccc(O)c4c3C[C@]3(C)C[C@]5(C)C(C(C)C)C(O)=C(C(C)=O)C(=O)[C@]5(O)C(O)=C3C4=O)cc2)cc1. The molecule has 3 aromatic rings. The molecule has 49 heavy (non-hydrogen) atoms. The number of aromatic hydroxyl groups is 1. The van der Waals surface area contributed by atoms with Crippen molar-refractivity contribution < 1.29 is 39.5 Å². The highest BCUT2D eigenvalue weighted by Crippen LogP contribution is 2.65. The van der Waals surface area contributed by atoms with E-state index in [9.17, 15) is 34.8 Å². The zero-order valence-electron chi connectivity index (χ0n) is 28.9. The molecular weight excluding hydrogens is 620 g/mol. The van der Waals surface area contributed by atoms with Crippen LogP contribution < -0.4 is 4.74 Å². The van der Waals surface area contributed by atoms with Crippen LogP contribution in [0.5, 0.6) is 11.5 Å². The van der Waals surface area contributed by atoms with Gasteiger partial charge in [0.1, 0.15) is 28.6 Å². The molecule has 0 spiro atoms. The van der Waals surface area contributed by atoms with Gasteiger partial charge < -0.3 is 25.2 Å². The summed E-state index contributed by atoms with van der Waals surface area (Å²) in [6, 6.07) is 19.5. The van der Waals surface area contributed by atoms with Gasteiger partial charge in [0.15, 0.2) is 17.2 Å². The van der Waals surface area contributed by atoms with E-state index >= 15 is 0 Å². The number of hydrogen-bond acceptors (Lipinski definition) is 8. The highest BCUT2D eigenvalue weighted by atomic mass is 16.5. The van der Waals surface area contributed by atoms with Crippen molar-refractivity contribution in [3.63, 3.8) is 0 Å². The number of fused-ring (bicyclic) bond motifs is 3. The average molecular weight is 665 g/mol. The number of ether oxygens (including phenoxy) is 1. The number of rotatable bonds is 8. The number of aryl methyl sites for hydroxylation is 2. The van der Waals surface area contributed by atoms with Gasteiger partial charge in [-0.1, -0.05) is 70.2 Å². The van der Waals surface area contributed by atoms with E-state index in [0.717, 1.165) is 43.1 Å². The lowest BCUT2D eigenvalue weighted by molar-refractivity contribution is -0.171. The van der Waals surface area contributed by atoms with Gasteiger partial charge in [0.2, 0.25) is 5.78 Å². The summed E-state index contributed by atoms with van der Waals surface area (Å²) >= 11 is 0. The van der Waals surface area contributed by atoms with Gasteiger partial charge in [-0.3, -0.25) is 14.4 Å². The Morgan fingerprint density at radius 2 is 1.51 bits per heavy atom. The lowest BCUT2D eigenvalue weighted by Crippen LogP contribution is -2.67. The van der Waals surface area contributed by atoms with E-state index in [0.29, 0.717) is 5.56 Å². The Bertz CT molecular complexity index is 1930. The van der Waals surface area contributed by atoms with Crippen LogP contribution in [0.25, 0.3) is 11.1 Å². The van der Waals surface area contributed by atoms with Gasteiger partial charge in [-0.05, 0) is 91.0 Å². The molecule has 0 heterocycles. The normalized spacial score (nSPS) is 26.4. The number of ketones is 3. The van der Waals surface area contributed by atoms with E-state index in [4.69, 9.17) is 4.74 Å². The van der Waals surface area contributed by atoms with E-state index in [1.807, 2.05) is 45.0 Å². The summed E-state index contributed by atoms with van der Waals surface area (Å²) < 4.78 is 5.25. The van der Waals surface area contributed by atoms with Gasteiger partial charge in [0.05, 0.1) is 12.7 Å². The quantitative estimate of drug-likeness (QED) is 0.185. The minimum atomic E-state index is -2.63. The Balaban J connectivity index is 1.37. The number of methoxy groups -OCH3 is 1. The number of carbonyl (C=O) groups is 3. The molecule has 0 amide bonds. The van der Waals surface area contributed by atoms with E-state index < -0.39 is 56.8 Å². The summed E-state index contributed by atoms with van der Waals surface area (Å²) in [4.78, 5) is 40.9. The molecule has 0 saturated carbocycles. The van der Waals surface area contributed by atoms with Gasteiger partial charge in [-0.25, -0.2) is 0 Å². The molecule has 0 radical (unpaired) electrons. The number of phenols is 1. The first-order valence-electron chi connectivity index (χ1n) is 16.9. The molecule has 6 rings (SSSR count). The predicted octanol–water partition coefficient (Wildman–Crippen LogP) is 7.20. The molecule has 4 N–H and O–H groups in total. The number of aliphatic hydroxyl groups is 3. The largest absolute Gasteiger partial charge is 0.511 e. The van der Waals surface area contributed by atoms with Crippen LogP contribution in [-0.2, 0) is 28.9 Å². The van der Waals surface area contributed by atoms with Crippen LogP contribution in [0, 0.1) is 22.7 Å². The summed E-state index contributed by atoms with van der Waals surface area (Å²) in [5.41, 5.74) is -1.24. The van der Waals surface area contributed by atoms with Gasteiger partial charge in [-0.2, -0.15) is 0 Å². The molecule has 3 aromatic carbocycles. The van der Waals surface area contributed by atoms with Crippen LogP contribution in [0.3, 0.4) is 0 Å². The molecule has 3 aliphatic rings. The molecule has 8 nitrogen and oxygen atoms in total. The Kier molecular flexibility index (Phi) is 8.39. The predicted molar refractivity (Wildman–Crippen MR) is 186 cm³/mol. The van der Waals surface area contributed by atoms with E-state index in [1.165, 1.54) is 17.2 Å². The summed E-state index contributed by atoms with van der Waals surface area (Å²) in [5, 5.41) is 46.5. The second kappa shape index (κ2) is 12.0. The number of benzene rings is 3. The van der Waals surface area contributed by atoms with Crippen molar-refractivity contribution in [2.75, 3.05) is 7.11 Å². The van der Waals surface area contributed by atoms with Crippen molar-refractivity contribution in [2.45, 2.75) is 72.3 Å². The van der Waals surface area contributed by atoms with Crippen LogP contribution >= 0.6 is 0 Å². The van der Waals surface area contributed by atoms with Crippen molar-refractivity contribution in [2.24, 2.45) is 22.7 Å². The first kappa shape index (κ1) is 34.2. The number of phenolic OH excluding ortho intramolecular Hbond substituents is 1. The number of Topliss-reactive ketones (excluding diaryl/α,β-unsaturated/α-hetero) is 3. The fraction of sp³-hybridized carbons (Fsp3) is 0.390. The Hall–Kier alpha value is -4.69. The zero-order valence-corrected chi connectivity index (χ0v) is 28.9. The van der Waals surface area contributed by atoms with Gasteiger partial charge >= 0.3 is 0 Å². The highest BCUT2D eigenvalue weighted by Gasteiger charge is 2.71. The molecule has 0 aliphatic heterocycles. The van der Waals surface area contributed by atoms with Gasteiger partial charge in [0.25, 0.3) is 0 Å². The molecule has 3 aliphatic carbocycles. The number of aliphatic hydroxyl groups excluding tert-OH is 2. The molecule has 256 valence electrons. The molecule has 8 heteroatoms. The average Bonchev–Trinajstić information content (AvgIpc) is 3.03. The number of hydrogen-bond donors (Lipinski definition) is 4. The summed E-state index contributed by atoms with van der Waals surface area (Å²) in [5.74, 6) is -4.38. The lowest BCUT2D eigenvalue weighted by atomic mass is 9.44. The summed E-state index contributed by atoms with van der Waals surface area (Å²) in [7, 11) is 1.65. The minimum absolute atomic E-state index is 0.0149. The van der Waals surface area contributed by atoms with Crippen LogP contribution in [-0.4, -0.2) is 50.5 Å². The second-order valence-corrected chi connectivity index (χ2v) is 14.8. The first-order chi connectivity index (χ1) is 23.1. The van der Waals surface area contributed by atoms with Crippen molar-refractivity contribution in [1.82, 2.24) is 0 Å². The summed E-state index contributed by atoms with van der Waals surface area (Å²) in [6.45, 7) is 8.21. The number of carbonyl (C=O) groups excluding carboxylic acids is 3. The van der Waals surface area contributed by atoms with E-state index in [2.05, 4.69) is 24.3 Å². The highest BCUT2D eigenvalue weighted by molar-refractivity contribution is 6.25. The van der Waals surface area contributed by atoms with E-state index in [-0.39, 0.29) is 35.6 Å². The number of allylic oxidation sites excluding steroid dienone is 2. The molecule has 4 atom stereocenters. The Morgan fingerprint density at radius 1 is 0.918 bits per heavy atom. The van der Waals surface area contributed by atoms with Crippen LogP contribution in [0.1, 0.15) is 74.5 Å². The first-order valence-corrected chi connectivity index (χ1v) is 16.9. The standard InChI is InChI=1S/C41H44O8/c1-22(2)33-35(44)31(23(3)42)37(46)41(48)38(47)34-36(45)32-29(20-39(34,4)21-40(33,41)5)28(18-19-30(32)43)26-14-10-24(11-15-26)8-7-9-25-12-16-27(49-6)17-13-25/h10-19,22,33,43-44,47-48H,7-9,20-21H2,1-6H3/t33?,39-,40-,41+/m1/s1. The molecule has 0 aromatic heterocycles. The van der Waals surface area contributed by atoms with Crippen molar-refractivity contribution in [1.29, 1.82) is 0 Å². The zero-order chi connectivity index (χ0) is 35.6. The van der Waals surface area contributed by atoms with Crippen molar-refractivity contribution >= 4 is 17.3 Å². The fourth-order valence-electron chi connectivity index (χ4n) is 9.14. The molecule has 0 bridgehead atoms. The van der Waals surface area contributed by atoms with E-state index in [1.54, 1.807) is 20.1 Å². The topological polar surface area (TPSA) is 141 Å².